The van der Waals surface area contributed by atoms with Crippen molar-refractivity contribution in [1.82, 2.24) is 20.2 Å². The van der Waals surface area contributed by atoms with Crippen molar-refractivity contribution in [2.24, 2.45) is 0 Å². The highest BCUT2D eigenvalue weighted by molar-refractivity contribution is 5.80. The molecule has 0 aliphatic rings. The number of amides is 2. The van der Waals surface area contributed by atoms with E-state index in [0.29, 0.717) is 18.7 Å². The third-order valence-corrected chi connectivity index (χ3v) is 2.40. The Hall–Kier alpha value is -2.26. The number of aromatic nitrogens is 2. The molecule has 0 fully saturated rings. The summed E-state index contributed by atoms with van der Waals surface area (Å²) in [6.45, 7) is -2.50. The van der Waals surface area contributed by atoms with Gasteiger partial charge in [0.05, 0.1) is 0 Å². The summed E-state index contributed by atoms with van der Waals surface area (Å²) < 4.78 is 36.8. The lowest BCUT2D eigenvalue weighted by Crippen LogP contribution is -2.47. The fraction of sp³-hybridized carbons (Fsp3) is 0.545. The maximum atomic E-state index is 12.3. The van der Waals surface area contributed by atoms with Crippen LogP contribution in [0.25, 0.3) is 0 Å². The van der Waals surface area contributed by atoms with Gasteiger partial charge in [-0.3, -0.25) is 4.79 Å². The molecular formula is C11H15F3N4O3. The minimum Gasteiger partial charge on any atom is -0.480 e. The summed E-state index contributed by atoms with van der Waals surface area (Å²) in [6.07, 6.45) is -0.476. The van der Waals surface area contributed by atoms with Gasteiger partial charge in [-0.25, -0.2) is 9.78 Å². The lowest BCUT2D eigenvalue weighted by atomic mass is 10.3. The van der Waals surface area contributed by atoms with Crippen LogP contribution in [0.3, 0.4) is 0 Å². The number of halogens is 3. The summed E-state index contributed by atoms with van der Waals surface area (Å²) >= 11 is 0. The number of carboxylic acid groups (broad SMARTS) is 1. The zero-order chi connectivity index (χ0) is 15.9. The van der Waals surface area contributed by atoms with Gasteiger partial charge in [0.25, 0.3) is 0 Å². The Kier molecular flexibility index (Phi) is 6.00. The second-order valence-corrected chi connectivity index (χ2v) is 4.24. The molecule has 0 aromatic carbocycles. The van der Waals surface area contributed by atoms with E-state index in [2.05, 4.69) is 15.3 Å². The minimum atomic E-state index is -4.65. The van der Waals surface area contributed by atoms with Crippen LogP contribution in [-0.2, 0) is 11.2 Å². The number of carboxylic acids is 1. The number of carbonyl (C=O) groups is 2. The van der Waals surface area contributed by atoms with E-state index in [0.717, 1.165) is 0 Å². The van der Waals surface area contributed by atoms with Crippen LogP contribution in [0, 0.1) is 0 Å². The Morgan fingerprint density at radius 2 is 2.14 bits per heavy atom. The average molecular weight is 308 g/mol. The van der Waals surface area contributed by atoms with Crippen molar-refractivity contribution in [2.45, 2.75) is 19.0 Å². The van der Waals surface area contributed by atoms with E-state index in [-0.39, 0.29) is 11.4 Å². The predicted octanol–water partition coefficient (Wildman–Crippen LogP) is 1.00. The number of hydrogen-bond acceptors (Lipinski definition) is 3. The fourth-order valence-corrected chi connectivity index (χ4v) is 1.58. The van der Waals surface area contributed by atoms with Crippen molar-refractivity contribution in [3.63, 3.8) is 0 Å². The van der Waals surface area contributed by atoms with Crippen molar-refractivity contribution in [3.8, 4) is 0 Å². The molecular weight excluding hydrogens is 293 g/mol. The third kappa shape index (κ3) is 7.18. The number of nitrogens with one attached hydrogen (secondary N) is 2. The predicted molar refractivity (Wildman–Crippen MR) is 65.6 cm³/mol. The number of rotatable bonds is 7. The van der Waals surface area contributed by atoms with E-state index in [9.17, 15) is 22.8 Å². The van der Waals surface area contributed by atoms with E-state index in [1.807, 2.05) is 0 Å². The number of carbonyl (C=O) groups excluding carboxylic acids is 1. The Morgan fingerprint density at radius 3 is 2.67 bits per heavy atom. The first kappa shape index (κ1) is 16.8. The number of urea groups is 1. The lowest BCUT2D eigenvalue weighted by molar-refractivity contribution is -0.148. The normalized spacial score (nSPS) is 11.2. The number of imidazole rings is 1. The van der Waals surface area contributed by atoms with Gasteiger partial charge in [0.1, 0.15) is 18.9 Å². The Bertz CT molecular complexity index is 462. The van der Waals surface area contributed by atoms with Gasteiger partial charge in [-0.15, -0.1) is 0 Å². The molecule has 118 valence electrons. The molecule has 0 unspecified atom stereocenters. The molecule has 0 saturated carbocycles. The molecule has 3 N–H and O–H groups in total. The molecule has 1 aromatic heterocycles. The van der Waals surface area contributed by atoms with Gasteiger partial charge in [0.15, 0.2) is 0 Å². The lowest BCUT2D eigenvalue weighted by Gasteiger charge is -2.22. The Balaban J connectivity index is 2.38. The monoisotopic (exact) mass is 308 g/mol. The van der Waals surface area contributed by atoms with Gasteiger partial charge in [-0.1, -0.05) is 0 Å². The largest absolute Gasteiger partial charge is 0.480 e. The van der Waals surface area contributed by atoms with Gasteiger partial charge >= 0.3 is 18.2 Å². The summed E-state index contributed by atoms with van der Waals surface area (Å²) in [5.41, 5.74) is 0. The van der Waals surface area contributed by atoms with E-state index in [1.54, 1.807) is 12.4 Å². The number of aliphatic carboxylic acids is 1. The third-order valence-electron chi connectivity index (χ3n) is 2.40. The van der Waals surface area contributed by atoms with Gasteiger partial charge in [0, 0.05) is 25.4 Å². The van der Waals surface area contributed by atoms with E-state index < -0.39 is 31.3 Å². The summed E-state index contributed by atoms with van der Waals surface area (Å²) in [6, 6.07) is -1.06. The maximum Gasteiger partial charge on any atom is 0.406 e. The fourth-order valence-electron chi connectivity index (χ4n) is 1.58. The first-order valence-electron chi connectivity index (χ1n) is 6.07. The van der Waals surface area contributed by atoms with Crippen LogP contribution in [0.2, 0.25) is 0 Å². The summed E-state index contributed by atoms with van der Waals surface area (Å²) in [4.78, 5) is 29.0. The van der Waals surface area contributed by atoms with Crippen molar-refractivity contribution in [1.29, 1.82) is 0 Å². The van der Waals surface area contributed by atoms with Crippen molar-refractivity contribution in [2.75, 3.05) is 19.6 Å². The Morgan fingerprint density at radius 1 is 1.43 bits per heavy atom. The highest BCUT2D eigenvalue weighted by Crippen LogP contribution is 2.16. The van der Waals surface area contributed by atoms with Gasteiger partial charge in [0.2, 0.25) is 0 Å². The standard InChI is InChI=1S/C11H15F3N4O3/c12-11(13,14)7-18(6-9(19)20)10(21)17-3-1-2-8-15-4-5-16-8/h4-5H,1-3,6-7H2,(H,15,16)(H,17,21)(H,19,20). The van der Waals surface area contributed by atoms with Crippen LogP contribution in [0.5, 0.6) is 0 Å². The number of aryl methyl sites for hydroxylation is 1. The topological polar surface area (TPSA) is 98.3 Å². The summed E-state index contributed by atoms with van der Waals surface area (Å²) in [7, 11) is 0. The molecule has 7 nitrogen and oxygen atoms in total. The summed E-state index contributed by atoms with van der Waals surface area (Å²) in [5.74, 6) is -0.813. The smallest absolute Gasteiger partial charge is 0.406 e. The number of H-pyrrole nitrogens is 1. The average Bonchev–Trinajstić information content (AvgIpc) is 2.84. The zero-order valence-electron chi connectivity index (χ0n) is 11.0. The van der Waals surface area contributed by atoms with Crippen LogP contribution in [0.15, 0.2) is 12.4 Å². The SMILES string of the molecule is O=C(O)CN(CC(F)(F)F)C(=O)NCCCc1ncc[nH]1. The first-order valence-corrected chi connectivity index (χ1v) is 6.07. The van der Waals surface area contributed by atoms with Crippen LogP contribution < -0.4 is 5.32 Å². The molecule has 0 atom stereocenters. The first-order chi connectivity index (χ1) is 9.78. The molecule has 1 rings (SSSR count). The molecule has 0 saturated heterocycles. The highest BCUT2D eigenvalue weighted by Gasteiger charge is 2.33. The van der Waals surface area contributed by atoms with Gasteiger partial charge < -0.3 is 20.3 Å². The van der Waals surface area contributed by atoms with Crippen molar-refractivity contribution in [3.05, 3.63) is 18.2 Å². The molecule has 0 spiro atoms. The molecule has 0 radical (unpaired) electrons. The molecule has 2 amide bonds. The minimum absolute atomic E-state index is 0.119. The molecule has 1 aromatic rings. The number of hydrogen-bond donors (Lipinski definition) is 3. The summed E-state index contributed by atoms with van der Waals surface area (Å²) in [5, 5.41) is 10.8. The van der Waals surface area contributed by atoms with Crippen LogP contribution in [-0.4, -0.2) is 57.8 Å². The number of aromatic amines is 1. The van der Waals surface area contributed by atoms with Crippen LogP contribution in [0.4, 0.5) is 18.0 Å². The second-order valence-electron chi connectivity index (χ2n) is 4.24. The van der Waals surface area contributed by atoms with E-state index in [4.69, 9.17) is 5.11 Å². The van der Waals surface area contributed by atoms with Crippen molar-refractivity contribution >= 4 is 12.0 Å². The van der Waals surface area contributed by atoms with Crippen molar-refractivity contribution < 1.29 is 27.9 Å². The van der Waals surface area contributed by atoms with Gasteiger partial charge in [-0.2, -0.15) is 13.2 Å². The van der Waals surface area contributed by atoms with E-state index >= 15 is 0 Å². The molecule has 0 aliphatic carbocycles. The maximum absolute atomic E-state index is 12.3. The van der Waals surface area contributed by atoms with Crippen LogP contribution >= 0.6 is 0 Å². The number of alkyl halides is 3. The number of nitrogens with zero attached hydrogens (tertiary/aromatic N) is 2. The van der Waals surface area contributed by atoms with E-state index in [1.165, 1.54) is 0 Å². The molecule has 0 aliphatic heterocycles. The highest BCUT2D eigenvalue weighted by atomic mass is 19.4. The molecule has 10 heteroatoms. The molecule has 21 heavy (non-hydrogen) atoms. The van der Waals surface area contributed by atoms with Gasteiger partial charge in [-0.05, 0) is 6.42 Å². The molecule has 1 heterocycles. The second kappa shape index (κ2) is 7.50. The molecule has 0 bridgehead atoms. The van der Waals surface area contributed by atoms with Crippen LogP contribution in [0.1, 0.15) is 12.2 Å². The Labute approximate surface area is 118 Å². The zero-order valence-corrected chi connectivity index (χ0v) is 11.0. The quantitative estimate of drug-likeness (QED) is 0.654.